The number of hydrogen-bond acceptors (Lipinski definition) is 2. The monoisotopic (exact) mass is 295 g/mol. The van der Waals surface area contributed by atoms with Crippen molar-refractivity contribution in [3.63, 3.8) is 0 Å². The van der Waals surface area contributed by atoms with Crippen LogP contribution in [-0.2, 0) is 16.6 Å². The van der Waals surface area contributed by atoms with Crippen LogP contribution in [0.15, 0.2) is 54.6 Å². The average molecular weight is 295 g/mol. The van der Waals surface area contributed by atoms with Gasteiger partial charge in [0, 0.05) is 12.0 Å². The van der Waals surface area contributed by atoms with Crippen LogP contribution in [0, 0.1) is 0 Å². The molecule has 1 aliphatic carbocycles. The number of nitrogens with one attached hydrogen (secondary N) is 1. The summed E-state index contributed by atoms with van der Waals surface area (Å²) in [4.78, 5) is 12.1. The van der Waals surface area contributed by atoms with Gasteiger partial charge in [0.2, 0.25) is 5.91 Å². The largest absolute Gasteiger partial charge is 0.497 e. The molecule has 0 bridgehead atoms. The normalized spacial score (nSPS) is 15.1. The smallest absolute Gasteiger partial charge is 0.224 e. The highest BCUT2D eigenvalue weighted by molar-refractivity contribution is 5.78. The first-order chi connectivity index (χ1) is 10.7. The third-order valence-electron chi connectivity index (χ3n) is 4.39. The van der Waals surface area contributed by atoms with Gasteiger partial charge in [-0.25, -0.2) is 0 Å². The second kappa shape index (κ2) is 6.22. The van der Waals surface area contributed by atoms with E-state index in [4.69, 9.17) is 4.74 Å². The highest BCUT2D eigenvalue weighted by Gasteiger charge is 2.44. The van der Waals surface area contributed by atoms with E-state index in [1.165, 1.54) is 5.56 Å². The third kappa shape index (κ3) is 3.30. The predicted octanol–water partition coefficient (Wildman–Crippen LogP) is 3.09. The predicted molar refractivity (Wildman–Crippen MR) is 87.1 cm³/mol. The van der Waals surface area contributed by atoms with Crippen molar-refractivity contribution in [2.24, 2.45) is 0 Å². The highest BCUT2D eigenvalue weighted by Crippen LogP contribution is 2.47. The summed E-state index contributed by atoms with van der Waals surface area (Å²) >= 11 is 0. The van der Waals surface area contributed by atoms with E-state index in [-0.39, 0.29) is 11.3 Å². The van der Waals surface area contributed by atoms with Crippen molar-refractivity contribution in [1.29, 1.82) is 0 Å². The van der Waals surface area contributed by atoms with Gasteiger partial charge in [-0.2, -0.15) is 0 Å². The minimum absolute atomic E-state index is 0.0889. The summed E-state index contributed by atoms with van der Waals surface area (Å²) in [6, 6.07) is 18.0. The van der Waals surface area contributed by atoms with E-state index in [9.17, 15) is 4.79 Å². The van der Waals surface area contributed by atoms with Gasteiger partial charge < -0.3 is 10.1 Å². The Bertz CT molecular complexity index is 630. The summed E-state index contributed by atoms with van der Waals surface area (Å²) in [5.41, 5.74) is 2.46. The topological polar surface area (TPSA) is 38.3 Å². The molecule has 3 rings (SSSR count). The molecule has 1 N–H and O–H groups in total. The number of carbonyl (C=O) groups is 1. The maximum atomic E-state index is 12.1. The molecule has 2 aromatic rings. The summed E-state index contributed by atoms with van der Waals surface area (Å²) in [5, 5.41) is 3.09. The van der Waals surface area contributed by atoms with Gasteiger partial charge in [0.1, 0.15) is 5.75 Å². The van der Waals surface area contributed by atoms with Gasteiger partial charge in [-0.3, -0.25) is 4.79 Å². The number of rotatable bonds is 6. The second-order valence-electron chi connectivity index (χ2n) is 5.95. The molecular formula is C19H21NO2. The Morgan fingerprint density at radius 1 is 1.09 bits per heavy atom. The van der Waals surface area contributed by atoms with Gasteiger partial charge in [0.25, 0.3) is 0 Å². The molecule has 0 saturated heterocycles. The fourth-order valence-electron chi connectivity index (χ4n) is 2.77. The Kier molecular flexibility index (Phi) is 4.14. The van der Waals surface area contributed by atoms with Crippen molar-refractivity contribution in [2.75, 3.05) is 13.7 Å². The van der Waals surface area contributed by atoms with E-state index in [1.807, 2.05) is 42.5 Å². The Hall–Kier alpha value is -2.29. The molecule has 3 nitrogen and oxygen atoms in total. The maximum absolute atomic E-state index is 12.1. The minimum Gasteiger partial charge on any atom is -0.497 e. The lowest BCUT2D eigenvalue weighted by Crippen LogP contribution is -2.33. The molecule has 1 aliphatic rings. The van der Waals surface area contributed by atoms with E-state index >= 15 is 0 Å². The van der Waals surface area contributed by atoms with Crippen molar-refractivity contribution in [2.45, 2.75) is 24.7 Å². The Balaban J connectivity index is 1.57. The summed E-state index contributed by atoms with van der Waals surface area (Å²) in [6.07, 6.45) is 2.70. The quantitative estimate of drug-likeness (QED) is 0.889. The first-order valence-electron chi connectivity index (χ1n) is 7.67. The molecule has 22 heavy (non-hydrogen) atoms. The second-order valence-corrected chi connectivity index (χ2v) is 5.95. The molecule has 1 amide bonds. The highest BCUT2D eigenvalue weighted by atomic mass is 16.5. The molecule has 0 aromatic heterocycles. The van der Waals surface area contributed by atoms with E-state index in [2.05, 4.69) is 17.4 Å². The van der Waals surface area contributed by atoms with E-state index < -0.39 is 0 Å². The van der Waals surface area contributed by atoms with Crippen molar-refractivity contribution >= 4 is 5.91 Å². The molecule has 0 spiro atoms. The summed E-state index contributed by atoms with van der Waals surface area (Å²) in [6.45, 7) is 0.713. The molecule has 0 atom stereocenters. The van der Waals surface area contributed by atoms with Crippen LogP contribution >= 0.6 is 0 Å². The number of methoxy groups -OCH3 is 1. The van der Waals surface area contributed by atoms with Gasteiger partial charge in [-0.05, 0) is 36.1 Å². The molecule has 3 heteroatoms. The number of carbonyl (C=O) groups excluding carboxylic acids is 1. The van der Waals surface area contributed by atoms with Crippen molar-refractivity contribution in [1.82, 2.24) is 5.32 Å². The lowest BCUT2D eigenvalue weighted by molar-refractivity contribution is -0.120. The fraction of sp³-hybridized carbons (Fsp3) is 0.316. The minimum atomic E-state index is 0.0889. The summed E-state index contributed by atoms with van der Waals surface area (Å²) in [7, 11) is 1.67. The molecule has 0 unspecified atom stereocenters. The SMILES string of the molecule is COc1ccc(C2(CNC(=O)Cc3ccccc3)CC2)cc1. The zero-order valence-electron chi connectivity index (χ0n) is 12.8. The Morgan fingerprint density at radius 2 is 1.77 bits per heavy atom. The fourth-order valence-corrected chi connectivity index (χ4v) is 2.77. The van der Waals surface area contributed by atoms with Crippen LogP contribution in [-0.4, -0.2) is 19.6 Å². The van der Waals surface area contributed by atoms with Crippen LogP contribution in [0.1, 0.15) is 24.0 Å². The standard InChI is InChI=1S/C19H21NO2/c1-22-17-9-7-16(8-10-17)19(11-12-19)14-20-18(21)13-15-5-3-2-4-6-15/h2-10H,11-14H2,1H3,(H,20,21). The molecule has 2 aromatic carbocycles. The first kappa shape index (κ1) is 14.6. The number of hydrogen-bond donors (Lipinski definition) is 1. The van der Waals surface area contributed by atoms with Crippen LogP contribution in [0.5, 0.6) is 5.75 Å². The number of ether oxygens (including phenoxy) is 1. The van der Waals surface area contributed by atoms with Crippen LogP contribution in [0.4, 0.5) is 0 Å². The Labute approximate surface area is 131 Å². The van der Waals surface area contributed by atoms with Crippen molar-refractivity contribution in [3.8, 4) is 5.75 Å². The summed E-state index contributed by atoms with van der Waals surface area (Å²) in [5.74, 6) is 0.957. The maximum Gasteiger partial charge on any atom is 0.224 e. The van der Waals surface area contributed by atoms with Gasteiger partial charge in [0.15, 0.2) is 0 Å². The summed E-state index contributed by atoms with van der Waals surface area (Å²) < 4.78 is 5.20. The van der Waals surface area contributed by atoms with Gasteiger partial charge in [-0.15, -0.1) is 0 Å². The lowest BCUT2D eigenvalue weighted by atomic mass is 9.95. The Morgan fingerprint density at radius 3 is 2.36 bits per heavy atom. The number of benzene rings is 2. The van der Waals surface area contributed by atoms with Crippen LogP contribution in [0.2, 0.25) is 0 Å². The zero-order valence-corrected chi connectivity index (χ0v) is 12.8. The average Bonchev–Trinajstić information content (AvgIpc) is 3.35. The molecule has 0 aliphatic heterocycles. The van der Waals surface area contributed by atoms with Gasteiger partial charge >= 0.3 is 0 Å². The molecule has 1 saturated carbocycles. The first-order valence-corrected chi connectivity index (χ1v) is 7.67. The van der Waals surface area contributed by atoms with Crippen LogP contribution < -0.4 is 10.1 Å². The molecule has 0 heterocycles. The van der Waals surface area contributed by atoms with E-state index in [1.54, 1.807) is 7.11 Å². The molecule has 1 fully saturated rings. The van der Waals surface area contributed by atoms with Crippen LogP contribution in [0.3, 0.4) is 0 Å². The van der Waals surface area contributed by atoms with Crippen molar-refractivity contribution < 1.29 is 9.53 Å². The third-order valence-corrected chi connectivity index (χ3v) is 4.39. The van der Waals surface area contributed by atoms with E-state index in [0.717, 1.165) is 24.2 Å². The molecule has 0 radical (unpaired) electrons. The van der Waals surface area contributed by atoms with Gasteiger partial charge in [0.05, 0.1) is 13.5 Å². The molecular weight excluding hydrogens is 274 g/mol. The van der Waals surface area contributed by atoms with Gasteiger partial charge in [-0.1, -0.05) is 42.5 Å². The lowest BCUT2D eigenvalue weighted by Gasteiger charge is -2.17. The zero-order chi connectivity index (χ0) is 15.4. The van der Waals surface area contributed by atoms with Crippen molar-refractivity contribution in [3.05, 3.63) is 65.7 Å². The number of amides is 1. The van der Waals surface area contributed by atoms with E-state index in [0.29, 0.717) is 13.0 Å². The van der Waals surface area contributed by atoms with Crippen LogP contribution in [0.25, 0.3) is 0 Å². The molecule has 114 valence electrons.